The van der Waals surface area contributed by atoms with Gasteiger partial charge < -0.3 is 4.42 Å². The lowest BCUT2D eigenvalue weighted by atomic mass is 10.0. The van der Waals surface area contributed by atoms with Crippen LogP contribution in [0.5, 0.6) is 0 Å². The molecule has 0 aliphatic carbocycles. The van der Waals surface area contributed by atoms with Crippen LogP contribution < -0.4 is 5.32 Å². The highest BCUT2D eigenvalue weighted by Crippen LogP contribution is 2.17. The Morgan fingerprint density at radius 3 is 2.37 bits per heavy atom. The van der Waals surface area contributed by atoms with Crippen molar-refractivity contribution in [3.05, 3.63) is 76.2 Å². The van der Waals surface area contributed by atoms with Crippen molar-refractivity contribution in [1.82, 2.24) is 10.2 Å². The second kappa shape index (κ2) is 8.16. The summed E-state index contributed by atoms with van der Waals surface area (Å²) in [6.45, 7) is 8.42. The maximum atomic E-state index is 12.2. The lowest BCUT2D eigenvalue weighted by Gasteiger charge is -2.05. The van der Waals surface area contributed by atoms with Gasteiger partial charge >= 0.3 is 6.01 Å². The Balaban J connectivity index is 1.58. The largest absolute Gasteiger partial charge is 0.407 e. The van der Waals surface area contributed by atoms with Crippen LogP contribution in [0.2, 0.25) is 0 Å². The Morgan fingerprint density at radius 2 is 1.70 bits per heavy atom. The molecule has 0 aliphatic heterocycles. The molecular weight excluding hydrogens is 338 g/mol. The molecule has 27 heavy (non-hydrogen) atoms. The maximum absolute atomic E-state index is 12.2. The summed E-state index contributed by atoms with van der Waals surface area (Å²) in [5.41, 5.74) is 5.73. The van der Waals surface area contributed by atoms with E-state index in [9.17, 15) is 4.79 Å². The van der Waals surface area contributed by atoms with Gasteiger partial charge in [0.1, 0.15) is 0 Å². The molecule has 1 heterocycles. The van der Waals surface area contributed by atoms with Crippen LogP contribution >= 0.6 is 0 Å². The standard InChI is InChI=1S/C22H25N3O2/c1-14(2)19-9-7-17(8-10-19)13-21-24-25-22(27-21)23-20(26)12-18-6-5-15(3)16(4)11-18/h5-11,14H,12-13H2,1-4H3,(H,23,25,26). The maximum Gasteiger partial charge on any atom is 0.322 e. The number of hydrogen-bond acceptors (Lipinski definition) is 4. The summed E-state index contributed by atoms with van der Waals surface area (Å²) >= 11 is 0. The summed E-state index contributed by atoms with van der Waals surface area (Å²) < 4.78 is 5.56. The zero-order chi connectivity index (χ0) is 19.4. The van der Waals surface area contributed by atoms with E-state index < -0.39 is 0 Å². The molecule has 3 aromatic rings. The van der Waals surface area contributed by atoms with Crippen LogP contribution in [0.15, 0.2) is 46.9 Å². The smallest absolute Gasteiger partial charge is 0.322 e. The molecule has 3 rings (SSSR count). The van der Waals surface area contributed by atoms with E-state index in [0.29, 0.717) is 18.2 Å². The van der Waals surface area contributed by atoms with E-state index in [0.717, 1.165) is 11.1 Å². The number of rotatable bonds is 6. The normalized spacial score (nSPS) is 11.0. The van der Waals surface area contributed by atoms with Gasteiger partial charge in [0.25, 0.3) is 0 Å². The first-order valence-electron chi connectivity index (χ1n) is 9.18. The van der Waals surface area contributed by atoms with Crippen LogP contribution in [-0.2, 0) is 17.6 Å². The molecule has 0 unspecified atom stereocenters. The van der Waals surface area contributed by atoms with Gasteiger partial charge in [-0.15, -0.1) is 5.10 Å². The number of hydrogen-bond donors (Lipinski definition) is 1. The van der Waals surface area contributed by atoms with Crippen LogP contribution in [0.4, 0.5) is 6.01 Å². The predicted octanol–water partition coefficient (Wildman–Crippen LogP) is 4.58. The minimum Gasteiger partial charge on any atom is -0.407 e. The Morgan fingerprint density at radius 1 is 1.00 bits per heavy atom. The summed E-state index contributed by atoms with van der Waals surface area (Å²) in [6.07, 6.45) is 0.813. The fraction of sp³-hybridized carbons (Fsp3) is 0.318. The second-order valence-electron chi connectivity index (χ2n) is 7.22. The Hall–Kier alpha value is -2.95. The van der Waals surface area contributed by atoms with Crippen molar-refractivity contribution in [1.29, 1.82) is 0 Å². The average molecular weight is 363 g/mol. The van der Waals surface area contributed by atoms with Crippen LogP contribution in [0.1, 0.15) is 53.5 Å². The van der Waals surface area contributed by atoms with E-state index in [2.05, 4.69) is 60.6 Å². The SMILES string of the molecule is Cc1ccc(CC(=O)Nc2nnc(Cc3ccc(C(C)C)cc3)o2)cc1C. The lowest BCUT2D eigenvalue weighted by Crippen LogP contribution is -2.14. The second-order valence-corrected chi connectivity index (χ2v) is 7.22. The molecule has 2 aromatic carbocycles. The first-order chi connectivity index (χ1) is 12.9. The molecule has 140 valence electrons. The Kier molecular flexibility index (Phi) is 5.69. The molecule has 0 fully saturated rings. The van der Waals surface area contributed by atoms with Crippen molar-refractivity contribution < 1.29 is 9.21 Å². The van der Waals surface area contributed by atoms with Gasteiger partial charge in [-0.05, 0) is 47.6 Å². The third-order valence-corrected chi connectivity index (χ3v) is 4.65. The molecule has 0 atom stereocenters. The van der Waals surface area contributed by atoms with E-state index in [1.54, 1.807) is 0 Å². The zero-order valence-corrected chi connectivity index (χ0v) is 16.2. The number of anilines is 1. The van der Waals surface area contributed by atoms with Gasteiger partial charge in [-0.3, -0.25) is 10.1 Å². The van der Waals surface area contributed by atoms with Crippen molar-refractivity contribution in [2.75, 3.05) is 5.32 Å². The van der Waals surface area contributed by atoms with E-state index in [-0.39, 0.29) is 18.3 Å². The number of benzene rings is 2. The molecule has 0 spiro atoms. The summed E-state index contributed by atoms with van der Waals surface area (Å²) in [6, 6.07) is 14.5. The molecule has 5 nitrogen and oxygen atoms in total. The average Bonchev–Trinajstić information content (AvgIpc) is 3.05. The van der Waals surface area contributed by atoms with Crippen LogP contribution in [-0.4, -0.2) is 16.1 Å². The summed E-state index contributed by atoms with van der Waals surface area (Å²) in [4.78, 5) is 12.2. The van der Waals surface area contributed by atoms with E-state index in [4.69, 9.17) is 4.42 Å². The van der Waals surface area contributed by atoms with E-state index in [1.807, 2.05) is 25.1 Å². The molecule has 5 heteroatoms. The van der Waals surface area contributed by atoms with Gasteiger partial charge in [-0.2, -0.15) is 0 Å². The van der Waals surface area contributed by atoms with Gasteiger partial charge in [0.05, 0.1) is 12.8 Å². The molecule has 0 bridgehead atoms. The molecule has 0 saturated carbocycles. The van der Waals surface area contributed by atoms with Crippen LogP contribution in [0, 0.1) is 13.8 Å². The van der Waals surface area contributed by atoms with Gasteiger partial charge in [0.2, 0.25) is 11.8 Å². The Labute approximate surface area is 159 Å². The predicted molar refractivity (Wildman–Crippen MR) is 106 cm³/mol. The lowest BCUT2D eigenvalue weighted by molar-refractivity contribution is -0.115. The molecule has 0 radical (unpaired) electrons. The number of aromatic nitrogens is 2. The van der Waals surface area contributed by atoms with Crippen molar-refractivity contribution in [3.63, 3.8) is 0 Å². The third kappa shape index (κ3) is 5.03. The minimum absolute atomic E-state index is 0.137. The fourth-order valence-corrected chi connectivity index (χ4v) is 2.83. The molecule has 1 amide bonds. The molecule has 1 aromatic heterocycles. The number of carbonyl (C=O) groups excluding carboxylic acids is 1. The van der Waals surface area contributed by atoms with Crippen LogP contribution in [0.25, 0.3) is 0 Å². The summed E-state index contributed by atoms with van der Waals surface area (Å²) in [7, 11) is 0. The van der Waals surface area contributed by atoms with Crippen LogP contribution in [0.3, 0.4) is 0 Å². The quantitative estimate of drug-likeness (QED) is 0.696. The van der Waals surface area contributed by atoms with Gasteiger partial charge in [0, 0.05) is 0 Å². The van der Waals surface area contributed by atoms with Crippen molar-refractivity contribution in [2.45, 2.75) is 46.5 Å². The number of nitrogens with one attached hydrogen (secondary N) is 1. The number of nitrogens with zero attached hydrogens (tertiary/aromatic N) is 2. The molecule has 0 saturated heterocycles. The highest BCUT2D eigenvalue weighted by Gasteiger charge is 2.11. The number of carbonyl (C=O) groups is 1. The van der Waals surface area contributed by atoms with Gasteiger partial charge in [-0.25, -0.2) is 0 Å². The monoisotopic (exact) mass is 363 g/mol. The van der Waals surface area contributed by atoms with Crippen molar-refractivity contribution >= 4 is 11.9 Å². The van der Waals surface area contributed by atoms with Gasteiger partial charge in [0.15, 0.2) is 0 Å². The highest BCUT2D eigenvalue weighted by molar-refractivity contribution is 5.90. The minimum atomic E-state index is -0.172. The first kappa shape index (κ1) is 18.8. The topological polar surface area (TPSA) is 68.0 Å². The molecule has 1 N–H and O–H groups in total. The fourth-order valence-electron chi connectivity index (χ4n) is 2.83. The van der Waals surface area contributed by atoms with Crippen molar-refractivity contribution in [3.8, 4) is 0 Å². The van der Waals surface area contributed by atoms with Crippen molar-refractivity contribution in [2.24, 2.45) is 0 Å². The summed E-state index contributed by atoms with van der Waals surface area (Å²) in [5, 5.41) is 10.6. The number of aryl methyl sites for hydroxylation is 2. The highest BCUT2D eigenvalue weighted by atomic mass is 16.4. The third-order valence-electron chi connectivity index (χ3n) is 4.65. The zero-order valence-electron chi connectivity index (χ0n) is 16.2. The molecule has 0 aliphatic rings. The Bertz CT molecular complexity index is 927. The van der Waals surface area contributed by atoms with E-state index >= 15 is 0 Å². The van der Waals surface area contributed by atoms with E-state index in [1.165, 1.54) is 16.7 Å². The molecular formula is C22H25N3O2. The summed E-state index contributed by atoms with van der Waals surface area (Å²) in [5.74, 6) is 0.810. The number of amides is 1. The van der Waals surface area contributed by atoms with Gasteiger partial charge in [-0.1, -0.05) is 61.4 Å². The first-order valence-corrected chi connectivity index (χ1v) is 9.18.